The highest BCUT2D eigenvalue weighted by atomic mass is 32.1. The fourth-order valence-electron chi connectivity index (χ4n) is 11.1. The molecule has 3 aliphatic carbocycles. The smallest absolute Gasteiger partial charge is 0.119 e. The molecule has 2 spiro atoms. The van der Waals surface area contributed by atoms with Crippen molar-refractivity contribution in [2.45, 2.75) is 49.4 Å². The Hall–Kier alpha value is -5.88. The Balaban J connectivity index is 1.33. The van der Waals surface area contributed by atoms with Gasteiger partial charge >= 0.3 is 0 Å². The van der Waals surface area contributed by atoms with E-state index in [-0.39, 0.29) is 10.8 Å². The van der Waals surface area contributed by atoms with Crippen LogP contribution in [0, 0.1) is 0 Å². The van der Waals surface area contributed by atoms with Crippen molar-refractivity contribution in [3.8, 4) is 11.5 Å². The molecule has 0 N–H and O–H groups in total. The summed E-state index contributed by atoms with van der Waals surface area (Å²) in [6, 6.07) is 59.1. The Kier molecular flexibility index (Phi) is 7.86. The van der Waals surface area contributed by atoms with E-state index in [0.717, 1.165) is 27.9 Å². The molecule has 0 unspecified atom stereocenters. The summed E-state index contributed by atoms with van der Waals surface area (Å²) in [5, 5.41) is 3.52. The zero-order valence-corrected chi connectivity index (χ0v) is 35.8. The predicted octanol–water partition coefficient (Wildman–Crippen LogP) is 13.7. The minimum atomic E-state index is -0.566. The maximum atomic E-state index is 5.67. The molecule has 0 aliphatic heterocycles. The Morgan fingerprint density at radius 2 is 0.780 bits per heavy atom. The van der Waals surface area contributed by atoms with Crippen LogP contribution in [0.25, 0.3) is 0 Å². The van der Waals surface area contributed by atoms with Crippen molar-refractivity contribution in [2.75, 3.05) is 19.1 Å². The lowest BCUT2D eigenvalue weighted by molar-refractivity contribution is 0.415. The Morgan fingerprint density at radius 1 is 0.407 bits per heavy atom. The topological polar surface area (TPSA) is 21.7 Å². The highest BCUT2D eigenvalue weighted by Crippen LogP contribution is 2.69. The van der Waals surface area contributed by atoms with Crippen LogP contribution in [0.1, 0.15) is 93.1 Å². The first-order chi connectivity index (χ1) is 28.7. The number of nitrogens with zero attached hydrogens (tertiary/aromatic N) is 1. The molecular formula is C54H45NO2S2. The fraction of sp³-hybridized carbons (Fsp3) is 0.185. The van der Waals surface area contributed by atoms with Gasteiger partial charge < -0.3 is 14.4 Å². The second kappa shape index (κ2) is 12.8. The van der Waals surface area contributed by atoms with Gasteiger partial charge in [0.05, 0.1) is 25.0 Å². The molecular weight excluding hydrogens is 759 g/mol. The summed E-state index contributed by atoms with van der Waals surface area (Å²) in [4.78, 5) is 5.19. The Labute approximate surface area is 355 Å². The van der Waals surface area contributed by atoms with E-state index in [4.69, 9.17) is 9.47 Å². The standard InChI is InChI=1S/C54H45NO2S2/c1-51(2)38-15-7-11-19-42(38)53(43-20-12-8-16-39(43)51)46-31-32-58-49(46)54(44-21-13-9-17-40(44)52(3,4)41-18-10-14-22-45(41)54)47-33-48(59-50(47)53)55(34-23-27-36(56-5)28-24-34)35-25-29-37(57-6)30-26-35/h7-33H,1-6H3. The third-order valence-electron chi connectivity index (χ3n) is 13.8. The van der Waals surface area contributed by atoms with Crippen LogP contribution in [0.15, 0.2) is 163 Å². The largest absolute Gasteiger partial charge is 0.497 e. The van der Waals surface area contributed by atoms with Crippen molar-refractivity contribution in [1.82, 2.24) is 0 Å². The number of rotatable bonds is 5. The van der Waals surface area contributed by atoms with E-state index < -0.39 is 10.8 Å². The van der Waals surface area contributed by atoms with E-state index in [0.29, 0.717) is 0 Å². The minimum Gasteiger partial charge on any atom is -0.497 e. The Bertz CT molecular complexity index is 2640. The summed E-state index contributed by atoms with van der Waals surface area (Å²) in [6.45, 7) is 9.62. The molecule has 290 valence electrons. The molecule has 6 aromatic carbocycles. The second-order valence-electron chi connectivity index (χ2n) is 17.2. The monoisotopic (exact) mass is 803 g/mol. The molecule has 3 nitrogen and oxygen atoms in total. The third-order valence-corrected chi connectivity index (χ3v) is 16.0. The summed E-state index contributed by atoms with van der Waals surface area (Å²) in [6.07, 6.45) is 0. The van der Waals surface area contributed by atoms with Gasteiger partial charge in [-0.3, -0.25) is 0 Å². The zero-order chi connectivity index (χ0) is 40.3. The lowest BCUT2D eigenvalue weighted by atomic mass is 9.48. The first kappa shape index (κ1) is 36.2. The van der Waals surface area contributed by atoms with Crippen LogP contribution in [0.5, 0.6) is 11.5 Å². The van der Waals surface area contributed by atoms with E-state index in [1.165, 1.54) is 65.4 Å². The first-order valence-corrected chi connectivity index (χ1v) is 22.1. The number of hydrogen-bond donors (Lipinski definition) is 0. The predicted molar refractivity (Wildman–Crippen MR) is 244 cm³/mol. The van der Waals surface area contributed by atoms with Gasteiger partial charge in [-0.1, -0.05) is 125 Å². The first-order valence-electron chi connectivity index (χ1n) is 20.4. The maximum absolute atomic E-state index is 5.67. The van der Waals surface area contributed by atoms with Crippen molar-refractivity contribution < 1.29 is 9.47 Å². The summed E-state index contributed by atoms with van der Waals surface area (Å²) in [5.74, 6) is 1.65. The van der Waals surface area contributed by atoms with Crippen LogP contribution in [0.4, 0.5) is 16.4 Å². The lowest BCUT2D eigenvalue weighted by Gasteiger charge is -2.55. The summed E-state index contributed by atoms with van der Waals surface area (Å²) in [7, 11) is 3.45. The van der Waals surface area contributed by atoms with Gasteiger partial charge in [-0.05, 0) is 122 Å². The molecule has 0 bridgehead atoms. The summed E-state index contributed by atoms with van der Waals surface area (Å²) < 4.78 is 11.3. The van der Waals surface area contributed by atoms with Crippen LogP contribution >= 0.6 is 22.7 Å². The molecule has 0 amide bonds. The van der Waals surface area contributed by atoms with Crippen molar-refractivity contribution in [1.29, 1.82) is 0 Å². The normalized spacial score (nSPS) is 16.5. The molecule has 0 radical (unpaired) electrons. The van der Waals surface area contributed by atoms with E-state index in [2.05, 4.69) is 196 Å². The van der Waals surface area contributed by atoms with Gasteiger partial charge in [-0.25, -0.2) is 0 Å². The van der Waals surface area contributed by atoms with E-state index >= 15 is 0 Å². The molecule has 0 atom stereocenters. The van der Waals surface area contributed by atoms with Crippen molar-refractivity contribution in [3.05, 3.63) is 228 Å². The molecule has 59 heavy (non-hydrogen) atoms. The highest BCUT2D eigenvalue weighted by molar-refractivity contribution is 7.17. The third kappa shape index (κ3) is 4.63. The number of benzene rings is 6. The SMILES string of the molecule is COc1ccc(N(c2ccc(OC)cc2)c2cc3c(s2)C2(c4ccccc4C(C)(C)c4ccccc42)c2ccsc2C32c3ccccc3C(C)(C)c3ccccc32)cc1. The fourth-order valence-corrected chi connectivity index (χ4v) is 13.8. The Morgan fingerprint density at radius 3 is 1.17 bits per heavy atom. The van der Waals surface area contributed by atoms with Gasteiger partial charge in [0, 0.05) is 32.0 Å². The van der Waals surface area contributed by atoms with Gasteiger partial charge in [-0.2, -0.15) is 0 Å². The molecule has 8 aromatic rings. The number of anilines is 3. The molecule has 2 aromatic heterocycles. The van der Waals surface area contributed by atoms with Gasteiger partial charge in [0.25, 0.3) is 0 Å². The molecule has 2 heterocycles. The molecule has 3 aliphatic rings. The quantitative estimate of drug-likeness (QED) is 0.173. The van der Waals surface area contributed by atoms with Gasteiger partial charge in [0.1, 0.15) is 16.5 Å². The van der Waals surface area contributed by atoms with E-state index in [1.54, 1.807) is 14.2 Å². The van der Waals surface area contributed by atoms with Crippen LogP contribution in [0.3, 0.4) is 0 Å². The van der Waals surface area contributed by atoms with Gasteiger partial charge in [-0.15, -0.1) is 22.7 Å². The molecule has 0 saturated carbocycles. The van der Waals surface area contributed by atoms with Gasteiger partial charge in [0.2, 0.25) is 0 Å². The summed E-state index contributed by atoms with van der Waals surface area (Å²) >= 11 is 3.86. The van der Waals surface area contributed by atoms with Crippen molar-refractivity contribution >= 4 is 39.0 Å². The highest BCUT2D eigenvalue weighted by Gasteiger charge is 2.62. The molecule has 0 saturated heterocycles. The van der Waals surface area contributed by atoms with Gasteiger partial charge in [0.15, 0.2) is 0 Å². The maximum Gasteiger partial charge on any atom is 0.119 e. The second-order valence-corrected chi connectivity index (χ2v) is 19.1. The number of ether oxygens (including phenoxy) is 2. The number of methoxy groups -OCH3 is 2. The number of thiophene rings is 2. The lowest BCUT2D eigenvalue weighted by Crippen LogP contribution is -2.50. The van der Waals surface area contributed by atoms with Crippen LogP contribution in [-0.2, 0) is 21.7 Å². The van der Waals surface area contributed by atoms with Crippen molar-refractivity contribution in [3.63, 3.8) is 0 Å². The van der Waals surface area contributed by atoms with Crippen LogP contribution < -0.4 is 14.4 Å². The van der Waals surface area contributed by atoms with Crippen molar-refractivity contribution in [2.24, 2.45) is 0 Å². The molecule has 5 heteroatoms. The number of hydrogen-bond acceptors (Lipinski definition) is 5. The molecule has 0 fully saturated rings. The zero-order valence-electron chi connectivity index (χ0n) is 34.2. The van der Waals surface area contributed by atoms with Crippen LogP contribution in [-0.4, -0.2) is 14.2 Å². The minimum absolute atomic E-state index is 0.198. The van der Waals surface area contributed by atoms with Crippen LogP contribution in [0.2, 0.25) is 0 Å². The average molecular weight is 804 g/mol. The number of fused-ring (bicyclic) bond motifs is 14. The van der Waals surface area contributed by atoms with E-state index in [9.17, 15) is 0 Å². The van der Waals surface area contributed by atoms with E-state index in [1.807, 2.05) is 22.7 Å². The average Bonchev–Trinajstić information content (AvgIpc) is 3.96. The summed E-state index contributed by atoms with van der Waals surface area (Å²) in [5.41, 5.74) is 14.3. The molecule has 11 rings (SSSR count).